The molecule has 3 heterocycles. The number of carboxylic acid groups (broad SMARTS) is 1. The van der Waals surface area contributed by atoms with Gasteiger partial charge in [-0.1, -0.05) is 86.7 Å². The van der Waals surface area contributed by atoms with Gasteiger partial charge in [-0.05, 0) is 73.9 Å². The fourth-order valence-electron chi connectivity index (χ4n) is 9.06. The summed E-state index contributed by atoms with van der Waals surface area (Å²) < 4.78 is 31.8. The maximum atomic E-state index is 14.6. The Morgan fingerprint density at radius 1 is 0.922 bits per heavy atom. The number of carboxylic acids is 1. The number of carbonyl (C=O) groups is 6. The van der Waals surface area contributed by atoms with Crippen molar-refractivity contribution in [3.05, 3.63) is 107 Å². The average molecular weight is 882 g/mol. The third-order valence-electron chi connectivity index (χ3n) is 12.2. The zero-order valence-electron chi connectivity index (χ0n) is 36.8. The molecule has 3 aromatic carbocycles. The third-order valence-corrected chi connectivity index (χ3v) is 12.2. The van der Waals surface area contributed by atoms with Crippen LogP contribution in [-0.4, -0.2) is 111 Å². The van der Waals surface area contributed by atoms with E-state index in [2.05, 4.69) is 10.6 Å². The lowest BCUT2D eigenvalue weighted by atomic mass is 9.98. The largest absolute Gasteiger partial charge is 0.479 e. The van der Waals surface area contributed by atoms with Crippen LogP contribution in [0.25, 0.3) is 11.1 Å². The van der Waals surface area contributed by atoms with Crippen LogP contribution < -0.4 is 10.6 Å². The maximum Gasteiger partial charge on any atom is 0.410 e. The van der Waals surface area contributed by atoms with E-state index in [0.717, 1.165) is 22.3 Å². The van der Waals surface area contributed by atoms with E-state index >= 15 is 0 Å². The summed E-state index contributed by atoms with van der Waals surface area (Å²) >= 11 is 0. The van der Waals surface area contributed by atoms with Gasteiger partial charge in [-0.3, -0.25) is 14.5 Å². The number of aliphatic carboxylic acids is 1. The second-order valence-corrected chi connectivity index (χ2v) is 17.6. The lowest BCUT2D eigenvalue weighted by Gasteiger charge is -2.30. The van der Waals surface area contributed by atoms with E-state index in [1.54, 1.807) is 45.1 Å². The van der Waals surface area contributed by atoms with Gasteiger partial charge >= 0.3 is 24.2 Å². The van der Waals surface area contributed by atoms with Crippen LogP contribution in [0.2, 0.25) is 0 Å². The number of alkyl carbamates (subject to hydrolysis) is 1. The van der Waals surface area contributed by atoms with E-state index in [-0.39, 0.29) is 70.9 Å². The van der Waals surface area contributed by atoms with Crippen LogP contribution >= 0.6 is 0 Å². The molecule has 5 aliphatic rings. The summed E-state index contributed by atoms with van der Waals surface area (Å²) in [4.78, 5) is 86.0. The van der Waals surface area contributed by atoms with E-state index in [4.69, 9.17) is 14.2 Å². The summed E-state index contributed by atoms with van der Waals surface area (Å²) in [6.45, 7) is 9.04. The van der Waals surface area contributed by atoms with Crippen LogP contribution in [-0.2, 0) is 41.7 Å². The van der Waals surface area contributed by atoms with Gasteiger partial charge in [0, 0.05) is 43.5 Å². The van der Waals surface area contributed by atoms with Crippen molar-refractivity contribution in [1.29, 1.82) is 0 Å². The Morgan fingerprint density at radius 3 is 2.27 bits per heavy atom. The van der Waals surface area contributed by atoms with Crippen LogP contribution in [0.4, 0.5) is 18.8 Å². The molecule has 5 amide bonds. The SMILES string of the molecule is CC.CC(C)(C)OC(=O)N[C@H]1CCCN(C(=O)OCC2c3ccccc3-c3ccccc32)C/C=C\[C@@H]2C[C@@]2(C(=O)O)NC(=O)[C@@H]2C[C@@H](OC(=O)N3Cc4cccc(F)c4C3)CN2C1=O. The zero-order valence-corrected chi connectivity index (χ0v) is 36.8. The highest BCUT2D eigenvalue weighted by molar-refractivity contribution is 5.96. The molecule has 340 valence electrons. The summed E-state index contributed by atoms with van der Waals surface area (Å²) in [6, 6.07) is 18.0. The number of carbonyl (C=O) groups excluding carboxylic acids is 5. The van der Waals surface area contributed by atoms with E-state index in [0.29, 0.717) is 11.1 Å². The van der Waals surface area contributed by atoms with Crippen molar-refractivity contribution in [3.63, 3.8) is 0 Å². The highest BCUT2D eigenvalue weighted by atomic mass is 19.1. The summed E-state index contributed by atoms with van der Waals surface area (Å²) in [5.41, 5.74) is 2.64. The molecule has 0 bridgehead atoms. The first kappa shape index (κ1) is 45.6. The van der Waals surface area contributed by atoms with Gasteiger partial charge < -0.3 is 39.8 Å². The fraction of sp³-hybridized carbons (Fsp3) is 0.458. The lowest BCUT2D eigenvalue weighted by Crippen LogP contribution is -2.56. The standard InChI is InChI=1S/C46H50FN5O10.C2H6/c1-45(2,3)62-42(57)48-37-18-10-20-50(43(58)60-26-35-32-15-6-4-13-30(32)31-14-5-7-16-33(31)35)19-9-12-28-22-46(28,41(55)56)49-39(53)38-21-29(24-52(38)40(37)54)61-44(59)51-23-27-11-8-17-36(47)34(27)25-51;1-2/h4-9,11-17,28-29,35,37-38H,10,18-26H2,1-3H3,(H,48,57)(H,49,53)(H,55,56);1-2H3/b12-9-;/t28-,29-,37+,38+,46-;/m1./s1. The first-order valence-electron chi connectivity index (χ1n) is 22.0. The Labute approximate surface area is 371 Å². The van der Waals surface area contributed by atoms with Gasteiger partial charge in [-0.2, -0.15) is 0 Å². The number of benzene rings is 3. The predicted octanol–water partition coefficient (Wildman–Crippen LogP) is 6.73. The molecule has 3 aliphatic heterocycles. The molecule has 1 saturated heterocycles. The maximum absolute atomic E-state index is 14.6. The second kappa shape index (κ2) is 18.7. The highest BCUT2D eigenvalue weighted by Crippen LogP contribution is 2.46. The van der Waals surface area contributed by atoms with Gasteiger partial charge in [0.05, 0.1) is 13.1 Å². The van der Waals surface area contributed by atoms with Gasteiger partial charge in [0.15, 0.2) is 0 Å². The van der Waals surface area contributed by atoms with E-state index < -0.39 is 77.1 Å². The van der Waals surface area contributed by atoms with Crippen LogP contribution in [0.15, 0.2) is 78.9 Å². The molecule has 0 aromatic heterocycles. The fourth-order valence-corrected chi connectivity index (χ4v) is 9.06. The number of hydrogen-bond acceptors (Lipinski definition) is 9. The number of nitrogens with one attached hydrogen (secondary N) is 2. The van der Waals surface area contributed by atoms with E-state index in [9.17, 15) is 38.3 Å². The highest BCUT2D eigenvalue weighted by Gasteiger charge is 2.61. The summed E-state index contributed by atoms with van der Waals surface area (Å²) in [5, 5.41) is 15.7. The molecule has 16 heteroatoms. The third kappa shape index (κ3) is 9.55. The number of halogens is 1. The Bertz CT molecular complexity index is 2290. The van der Waals surface area contributed by atoms with Crippen molar-refractivity contribution < 1.29 is 52.5 Å². The van der Waals surface area contributed by atoms with Gasteiger partial charge in [0.25, 0.3) is 0 Å². The van der Waals surface area contributed by atoms with Gasteiger partial charge in [0.1, 0.15) is 41.8 Å². The molecule has 3 aromatic rings. The van der Waals surface area contributed by atoms with Crippen molar-refractivity contribution in [3.8, 4) is 11.1 Å². The molecule has 0 unspecified atom stereocenters. The van der Waals surface area contributed by atoms with Crippen molar-refractivity contribution in [2.75, 3.05) is 26.2 Å². The topological polar surface area (TPSA) is 184 Å². The summed E-state index contributed by atoms with van der Waals surface area (Å²) in [6.07, 6.45) is 0.140. The van der Waals surface area contributed by atoms with Crippen LogP contribution in [0.1, 0.15) is 88.5 Å². The van der Waals surface area contributed by atoms with Crippen molar-refractivity contribution in [2.24, 2.45) is 5.92 Å². The average Bonchev–Trinajstić information content (AvgIpc) is 3.54. The van der Waals surface area contributed by atoms with Gasteiger partial charge in [-0.15, -0.1) is 0 Å². The van der Waals surface area contributed by atoms with Crippen molar-refractivity contribution >= 4 is 36.1 Å². The van der Waals surface area contributed by atoms with Gasteiger partial charge in [0.2, 0.25) is 11.8 Å². The summed E-state index contributed by atoms with van der Waals surface area (Å²) in [7, 11) is 0. The predicted molar refractivity (Wildman–Crippen MR) is 232 cm³/mol. The molecule has 64 heavy (non-hydrogen) atoms. The first-order valence-corrected chi connectivity index (χ1v) is 22.0. The van der Waals surface area contributed by atoms with Crippen molar-refractivity contribution in [2.45, 2.75) is 109 Å². The summed E-state index contributed by atoms with van der Waals surface area (Å²) in [5.74, 6) is -4.00. The van der Waals surface area contributed by atoms with Crippen LogP contribution in [0.3, 0.4) is 0 Å². The minimum atomic E-state index is -1.69. The van der Waals surface area contributed by atoms with E-state index in [1.807, 2.05) is 62.4 Å². The molecule has 5 atom stereocenters. The molecular formula is C48H56FN5O10. The number of fused-ring (bicyclic) bond motifs is 6. The van der Waals surface area contributed by atoms with Crippen molar-refractivity contribution in [1.82, 2.24) is 25.3 Å². The first-order chi connectivity index (χ1) is 30.6. The zero-order chi connectivity index (χ0) is 45.9. The Balaban J connectivity index is 0.00000302. The minimum Gasteiger partial charge on any atom is -0.479 e. The molecule has 3 N–H and O–H groups in total. The molecule has 2 aliphatic carbocycles. The van der Waals surface area contributed by atoms with E-state index in [1.165, 1.54) is 20.8 Å². The molecule has 1 saturated carbocycles. The molecule has 0 spiro atoms. The Morgan fingerprint density at radius 2 is 1.61 bits per heavy atom. The lowest BCUT2D eigenvalue weighted by molar-refractivity contribution is -0.145. The number of amides is 5. The van der Waals surface area contributed by atoms with Crippen LogP contribution in [0.5, 0.6) is 0 Å². The Hall–Kier alpha value is -6.45. The molecule has 2 fully saturated rings. The second-order valence-electron chi connectivity index (χ2n) is 17.6. The normalized spacial score (nSPS) is 24.4. The smallest absolute Gasteiger partial charge is 0.410 e. The van der Waals surface area contributed by atoms with Gasteiger partial charge in [-0.25, -0.2) is 23.6 Å². The number of ether oxygens (including phenoxy) is 3. The molecule has 8 rings (SSSR count). The number of nitrogens with zero attached hydrogens (tertiary/aromatic N) is 3. The monoisotopic (exact) mass is 881 g/mol. The Kier molecular flexibility index (Phi) is 13.3. The minimum absolute atomic E-state index is 0.00350. The quantitative estimate of drug-likeness (QED) is 0.184. The number of hydrogen-bond donors (Lipinski definition) is 3. The molecular weight excluding hydrogens is 826 g/mol. The molecule has 0 radical (unpaired) electrons. The van der Waals surface area contributed by atoms with Crippen LogP contribution in [0, 0.1) is 11.7 Å². The number of rotatable bonds is 5. The molecule has 15 nitrogen and oxygen atoms in total.